The molecule has 0 bridgehead atoms. The van der Waals surface area contributed by atoms with Crippen LogP contribution in [-0.4, -0.2) is 38.3 Å². The Labute approximate surface area is 133 Å². The molecule has 1 saturated heterocycles. The van der Waals surface area contributed by atoms with Gasteiger partial charge in [-0.25, -0.2) is 0 Å². The predicted octanol–water partition coefficient (Wildman–Crippen LogP) is 2.19. The van der Waals surface area contributed by atoms with Gasteiger partial charge < -0.3 is 15.4 Å². The van der Waals surface area contributed by atoms with Crippen molar-refractivity contribution in [3.05, 3.63) is 36.5 Å². The second kappa shape index (κ2) is 8.91. The Balaban J connectivity index is 1.75. The van der Waals surface area contributed by atoms with E-state index in [4.69, 9.17) is 4.74 Å². The van der Waals surface area contributed by atoms with Crippen molar-refractivity contribution >= 4 is 5.91 Å². The quantitative estimate of drug-likeness (QED) is 0.758. The zero-order chi connectivity index (χ0) is 15.8. The summed E-state index contributed by atoms with van der Waals surface area (Å²) in [5.41, 5.74) is 0. The molecule has 2 rings (SSSR count). The standard InChI is InChI=1S/C18H28N2O2/c1-14(17(22-2)16-10-7-12-19-16)18(21)20-13-11-15-8-5-3-4-6-9-15/h3-6,8-9,14-17,19H,7,10-13H2,1-2H3,(H,20,21)/t14-,16?,17-/m1/s1. The average Bonchev–Trinajstić information content (AvgIpc) is 2.92. The number of carbonyl (C=O) groups is 1. The van der Waals surface area contributed by atoms with Crippen molar-refractivity contribution in [2.75, 3.05) is 20.2 Å². The van der Waals surface area contributed by atoms with Gasteiger partial charge in [0.2, 0.25) is 5.91 Å². The highest BCUT2D eigenvalue weighted by Crippen LogP contribution is 2.19. The summed E-state index contributed by atoms with van der Waals surface area (Å²) in [5.74, 6) is 0.336. The first-order chi connectivity index (χ1) is 10.7. The molecule has 22 heavy (non-hydrogen) atoms. The van der Waals surface area contributed by atoms with Crippen LogP contribution in [0.5, 0.6) is 0 Å². The molecule has 1 heterocycles. The largest absolute Gasteiger partial charge is 0.379 e. The van der Waals surface area contributed by atoms with E-state index in [1.807, 2.05) is 19.1 Å². The molecule has 2 aliphatic rings. The fourth-order valence-electron chi connectivity index (χ4n) is 3.18. The molecule has 4 heteroatoms. The Morgan fingerprint density at radius 3 is 2.64 bits per heavy atom. The Kier molecular flexibility index (Phi) is 6.87. The van der Waals surface area contributed by atoms with Crippen molar-refractivity contribution in [2.24, 2.45) is 11.8 Å². The maximum Gasteiger partial charge on any atom is 0.225 e. The minimum absolute atomic E-state index is 0.0515. The van der Waals surface area contributed by atoms with Gasteiger partial charge in [-0.15, -0.1) is 0 Å². The van der Waals surface area contributed by atoms with Crippen LogP contribution >= 0.6 is 0 Å². The van der Waals surface area contributed by atoms with E-state index in [0.29, 0.717) is 18.5 Å². The number of methoxy groups -OCH3 is 1. The second-order valence-corrected chi connectivity index (χ2v) is 6.09. The van der Waals surface area contributed by atoms with E-state index in [-0.39, 0.29) is 17.9 Å². The van der Waals surface area contributed by atoms with E-state index in [0.717, 1.165) is 25.8 Å². The second-order valence-electron chi connectivity index (χ2n) is 6.09. The lowest BCUT2D eigenvalue weighted by atomic mass is 9.95. The molecule has 0 aromatic rings. The van der Waals surface area contributed by atoms with Gasteiger partial charge in [0.15, 0.2) is 0 Å². The normalized spacial score (nSPS) is 24.2. The summed E-state index contributed by atoms with van der Waals surface area (Å²) in [7, 11) is 1.70. The first-order valence-corrected chi connectivity index (χ1v) is 8.28. The summed E-state index contributed by atoms with van der Waals surface area (Å²) in [5, 5.41) is 6.48. The van der Waals surface area contributed by atoms with Crippen LogP contribution in [0.2, 0.25) is 0 Å². The number of allylic oxidation sites excluding steroid dienone is 6. The number of nitrogens with one attached hydrogen (secondary N) is 2. The highest BCUT2D eigenvalue weighted by atomic mass is 16.5. The SMILES string of the molecule is CO[C@@H](C1CCCN1)[C@@H](C)C(=O)NCCC1C=CC=CC=C1. The van der Waals surface area contributed by atoms with Crippen LogP contribution in [0.1, 0.15) is 26.2 Å². The molecule has 2 N–H and O–H groups in total. The molecule has 0 spiro atoms. The third-order valence-corrected chi connectivity index (χ3v) is 4.50. The number of amides is 1. The molecule has 1 aliphatic heterocycles. The molecule has 1 fully saturated rings. The van der Waals surface area contributed by atoms with Crippen LogP contribution in [0.3, 0.4) is 0 Å². The molecule has 3 atom stereocenters. The number of carbonyl (C=O) groups excluding carboxylic acids is 1. The number of hydrogen-bond acceptors (Lipinski definition) is 3. The lowest BCUT2D eigenvalue weighted by molar-refractivity contribution is -0.129. The van der Waals surface area contributed by atoms with E-state index < -0.39 is 0 Å². The van der Waals surface area contributed by atoms with Crippen LogP contribution in [0.15, 0.2) is 36.5 Å². The molecule has 1 unspecified atom stereocenters. The third-order valence-electron chi connectivity index (χ3n) is 4.50. The van der Waals surface area contributed by atoms with Crippen molar-refractivity contribution in [1.29, 1.82) is 0 Å². The fraction of sp³-hybridized carbons (Fsp3) is 0.611. The number of ether oxygens (including phenoxy) is 1. The lowest BCUT2D eigenvalue weighted by Gasteiger charge is -2.27. The molecule has 0 radical (unpaired) electrons. The highest BCUT2D eigenvalue weighted by Gasteiger charge is 2.32. The van der Waals surface area contributed by atoms with E-state index >= 15 is 0 Å². The maximum absolute atomic E-state index is 12.3. The van der Waals surface area contributed by atoms with Crippen LogP contribution < -0.4 is 10.6 Å². The zero-order valence-corrected chi connectivity index (χ0v) is 13.6. The Morgan fingerprint density at radius 1 is 1.32 bits per heavy atom. The van der Waals surface area contributed by atoms with Crippen molar-refractivity contribution in [2.45, 2.75) is 38.3 Å². The highest BCUT2D eigenvalue weighted by molar-refractivity contribution is 5.79. The molecule has 4 nitrogen and oxygen atoms in total. The van der Waals surface area contributed by atoms with Gasteiger partial charge in [-0.1, -0.05) is 43.4 Å². The monoisotopic (exact) mass is 304 g/mol. The van der Waals surface area contributed by atoms with Gasteiger partial charge in [0.05, 0.1) is 12.0 Å². The summed E-state index contributed by atoms with van der Waals surface area (Å²) in [6.45, 7) is 3.67. The molecule has 122 valence electrons. The van der Waals surface area contributed by atoms with Crippen molar-refractivity contribution in [3.63, 3.8) is 0 Å². The third kappa shape index (κ3) is 4.82. The van der Waals surface area contributed by atoms with E-state index in [1.54, 1.807) is 7.11 Å². The predicted molar refractivity (Wildman–Crippen MR) is 89.5 cm³/mol. The van der Waals surface area contributed by atoms with Crippen LogP contribution in [0, 0.1) is 11.8 Å². The first kappa shape index (κ1) is 17.0. The van der Waals surface area contributed by atoms with Gasteiger partial charge in [-0.05, 0) is 31.7 Å². The smallest absolute Gasteiger partial charge is 0.225 e. The summed E-state index contributed by atoms with van der Waals surface area (Å²) < 4.78 is 5.58. The molecule has 1 amide bonds. The zero-order valence-electron chi connectivity index (χ0n) is 13.6. The maximum atomic E-state index is 12.3. The lowest BCUT2D eigenvalue weighted by Crippen LogP contribution is -2.46. The Hall–Kier alpha value is -1.39. The molecular formula is C18H28N2O2. The first-order valence-electron chi connectivity index (χ1n) is 8.28. The molecule has 0 aromatic heterocycles. The Bertz CT molecular complexity index is 420. The van der Waals surface area contributed by atoms with Gasteiger partial charge in [0.25, 0.3) is 0 Å². The summed E-state index contributed by atoms with van der Waals surface area (Å²) >= 11 is 0. The van der Waals surface area contributed by atoms with E-state index in [2.05, 4.69) is 34.9 Å². The van der Waals surface area contributed by atoms with E-state index in [1.165, 1.54) is 0 Å². The summed E-state index contributed by atoms with van der Waals surface area (Å²) in [4.78, 5) is 12.3. The van der Waals surface area contributed by atoms with E-state index in [9.17, 15) is 4.79 Å². The van der Waals surface area contributed by atoms with Crippen molar-refractivity contribution in [3.8, 4) is 0 Å². The van der Waals surface area contributed by atoms with Crippen LogP contribution in [-0.2, 0) is 9.53 Å². The minimum atomic E-state index is -0.137. The van der Waals surface area contributed by atoms with Crippen LogP contribution in [0.4, 0.5) is 0 Å². The fourth-order valence-corrected chi connectivity index (χ4v) is 3.18. The molecule has 0 saturated carbocycles. The number of rotatable bonds is 7. The summed E-state index contributed by atoms with van der Waals surface area (Å²) in [6.07, 6.45) is 15.6. The summed E-state index contributed by atoms with van der Waals surface area (Å²) in [6, 6.07) is 0.296. The van der Waals surface area contributed by atoms with Gasteiger partial charge in [0.1, 0.15) is 0 Å². The van der Waals surface area contributed by atoms with Crippen molar-refractivity contribution in [1.82, 2.24) is 10.6 Å². The van der Waals surface area contributed by atoms with Gasteiger partial charge in [0, 0.05) is 19.7 Å². The van der Waals surface area contributed by atoms with Crippen LogP contribution in [0.25, 0.3) is 0 Å². The average molecular weight is 304 g/mol. The van der Waals surface area contributed by atoms with Crippen molar-refractivity contribution < 1.29 is 9.53 Å². The number of hydrogen-bond donors (Lipinski definition) is 2. The topological polar surface area (TPSA) is 50.4 Å². The molecular weight excluding hydrogens is 276 g/mol. The minimum Gasteiger partial charge on any atom is -0.379 e. The van der Waals surface area contributed by atoms with Gasteiger partial charge >= 0.3 is 0 Å². The molecule has 0 aromatic carbocycles. The molecule has 1 aliphatic carbocycles. The Morgan fingerprint density at radius 2 is 2.05 bits per heavy atom. The van der Waals surface area contributed by atoms with Gasteiger partial charge in [-0.2, -0.15) is 0 Å². The van der Waals surface area contributed by atoms with Gasteiger partial charge in [-0.3, -0.25) is 4.79 Å².